The molecule has 0 fully saturated rings. The molecule has 0 aliphatic heterocycles. The van der Waals surface area contributed by atoms with E-state index in [4.69, 9.17) is 4.74 Å². The zero-order valence-electron chi connectivity index (χ0n) is 13.9. The van der Waals surface area contributed by atoms with Gasteiger partial charge in [0.15, 0.2) is 0 Å². The number of ether oxygens (including phenoxy) is 1. The van der Waals surface area contributed by atoms with Crippen molar-refractivity contribution in [3.05, 3.63) is 44.1 Å². The molecule has 1 heterocycles. The second kappa shape index (κ2) is 7.52. The summed E-state index contributed by atoms with van der Waals surface area (Å²) in [7, 11) is 0. The van der Waals surface area contributed by atoms with Crippen LogP contribution in [0.5, 0.6) is 0 Å². The number of hydrogen-bond acceptors (Lipinski definition) is 5. The van der Waals surface area contributed by atoms with Crippen LogP contribution in [0.25, 0.3) is 10.9 Å². The maximum absolute atomic E-state index is 13.4. The highest BCUT2D eigenvalue weighted by Gasteiger charge is 2.35. The van der Waals surface area contributed by atoms with Crippen molar-refractivity contribution in [1.82, 2.24) is 9.66 Å². The molecule has 1 aromatic heterocycles. The smallest absolute Gasteiger partial charge is 0.374 e. The Morgan fingerprint density at radius 2 is 2.04 bits per heavy atom. The fourth-order valence-electron chi connectivity index (χ4n) is 2.42. The summed E-state index contributed by atoms with van der Waals surface area (Å²) in [6, 6.07) is 1.91. The first-order valence-corrected chi connectivity index (χ1v) is 8.74. The summed E-state index contributed by atoms with van der Waals surface area (Å²) in [6.45, 7) is 3.63. The van der Waals surface area contributed by atoms with Crippen molar-refractivity contribution >= 4 is 22.9 Å². The third-order valence-electron chi connectivity index (χ3n) is 3.57. The highest BCUT2D eigenvalue weighted by molar-refractivity contribution is 7.99. The standard InChI is InChI=1S/C15H18F3N3O3S/c1-4-5-24-8(2)9-6-10-12(7-11(9)15(16,17)18)19-14(23)21(13(10)22)20-25-3/h6-8,20H,4-5H2,1-3H3,(H,19,23). The number of aromatic nitrogens is 2. The first-order chi connectivity index (χ1) is 11.7. The molecule has 138 valence electrons. The highest BCUT2D eigenvalue weighted by Crippen LogP contribution is 2.37. The van der Waals surface area contributed by atoms with Gasteiger partial charge in [0.2, 0.25) is 0 Å². The van der Waals surface area contributed by atoms with Crippen LogP contribution in [-0.2, 0) is 10.9 Å². The molecule has 0 aliphatic carbocycles. The lowest BCUT2D eigenvalue weighted by molar-refractivity contribution is -0.139. The number of alkyl halides is 3. The monoisotopic (exact) mass is 377 g/mol. The Morgan fingerprint density at radius 1 is 1.36 bits per heavy atom. The first kappa shape index (κ1) is 19.4. The number of aromatic amines is 1. The van der Waals surface area contributed by atoms with E-state index in [1.807, 2.05) is 6.92 Å². The summed E-state index contributed by atoms with van der Waals surface area (Å²) < 4.78 is 46.4. The Bertz CT molecular complexity index is 876. The number of fused-ring (bicyclic) bond motifs is 1. The van der Waals surface area contributed by atoms with Gasteiger partial charge < -0.3 is 9.72 Å². The Kier molecular flexibility index (Phi) is 5.83. The molecule has 0 radical (unpaired) electrons. The molecule has 0 spiro atoms. The van der Waals surface area contributed by atoms with Crippen LogP contribution >= 0.6 is 11.9 Å². The minimum absolute atomic E-state index is 0.0314. The van der Waals surface area contributed by atoms with Gasteiger partial charge in [-0.1, -0.05) is 6.92 Å². The summed E-state index contributed by atoms with van der Waals surface area (Å²) in [6.07, 6.45) is -3.24. The van der Waals surface area contributed by atoms with E-state index in [1.54, 1.807) is 6.26 Å². The average molecular weight is 377 g/mol. The lowest BCUT2D eigenvalue weighted by atomic mass is 10.00. The number of benzene rings is 1. The summed E-state index contributed by atoms with van der Waals surface area (Å²) in [5.41, 5.74) is -2.83. The zero-order chi connectivity index (χ0) is 18.8. The molecule has 0 bridgehead atoms. The van der Waals surface area contributed by atoms with Crippen molar-refractivity contribution in [2.24, 2.45) is 0 Å². The van der Waals surface area contributed by atoms with Crippen LogP contribution in [0, 0.1) is 0 Å². The predicted octanol–water partition coefficient (Wildman–Crippen LogP) is 3.02. The Morgan fingerprint density at radius 3 is 2.60 bits per heavy atom. The van der Waals surface area contributed by atoms with Crippen molar-refractivity contribution < 1.29 is 17.9 Å². The van der Waals surface area contributed by atoms with E-state index in [0.717, 1.165) is 24.1 Å². The van der Waals surface area contributed by atoms with Gasteiger partial charge in [-0.2, -0.15) is 17.8 Å². The van der Waals surface area contributed by atoms with Crippen molar-refractivity contribution in [1.29, 1.82) is 0 Å². The fraction of sp³-hybridized carbons (Fsp3) is 0.467. The molecule has 0 saturated heterocycles. The van der Waals surface area contributed by atoms with Gasteiger partial charge in [-0.15, -0.1) is 0 Å². The first-order valence-electron chi connectivity index (χ1n) is 7.51. The highest BCUT2D eigenvalue weighted by atomic mass is 32.2. The van der Waals surface area contributed by atoms with Crippen LogP contribution in [0.3, 0.4) is 0 Å². The molecule has 1 unspecified atom stereocenters. The molecule has 2 N–H and O–H groups in total. The molecule has 25 heavy (non-hydrogen) atoms. The van der Waals surface area contributed by atoms with Crippen molar-refractivity contribution in [3.8, 4) is 0 Å². The molecular formula is C15H18F3N3O3S. The van der Waals surface area contributed by atoms with Crippen LogP contribution in [0.2, 0.25) is 0 Å². The molecule has 6 nitrogen and oxygen atoms in total. The lowest BCUT2D eigenvalue weighted by Crippen LogP contribution is -2.39. The molecule has 2 rings (SSSR count). The third-order valence-corrected chi connectivity index (χ3v) is 3.93. The van der Waals surface area contributed by atoms with E-state index in [2.05, 4.69) is 9.82 Å². The lowest BCUT2D eigenvalue weighted by Gasteiger charge is -2.20. The van der Waals surface area contributed by atoms with Gasteiger partial charge in [-0.05, 0) is 43.0 Å². The maximum atomic E-state index is 13.4. The largest absolute Gasteiger partial charge is 0.416 e. The number of nitrogens with one attached hydrogen (secondary N) is 2. The van der Waals surface area contributed by atoms with Crippen molar-refractivity contribution in [3.63, 3.8) is 0 Å². The molecule has 0 amide bonds. The second-order valence-electron chi connectivity index (χ2n) is 5.36. The van der Waals surface area contributed by atoms with Gasteiger partial charge in [0.1, 0.15) is 0 Å². The minimum Gasteiger partial charge on any atom is -0.374 e. The minimum atomic E-state index is -4.64. The zero-order valence-corrected chi connectivity index (χ0v) is 14.7. The summed E-state index contributed by atoms with van der Waals surface area (Å²) >= 11 is 1.01. The second-order valence-corrected chi connectivity index (χ2v) is 5.95. The van der Waals surface area contributed by atoms with E-state index in [1.165, 1.54) is 6.92 Å². The van der Waals surface area contributed by atoms with Gasteiger partial charge in [0.25, 0.3) is 5.56 Å². The number of hydrogen-bond donors (Lipinski definition) is 2. The summed E-state index contributed by atoms with van der Waals surface area (Å²) in [5, 5.41) is -0.0314. The van der Waals surface area contributed by atoms with E-state index in [9.17, 15) is 22.8 Å². The van der Waals surface area contributed by atoms with E-state index >= 15 is 0 Å². The van der Waals surface area contributed by atoms with Crippen LogP contribution in [0.1, 0.15) is 37.5 Å². The SMILES string of the molecule is CCCOC(C)c1cc2c(=O)n(NSC)c(=O)[nH]c2cc1C(F)(F)F. The number of rotatable bonds is 6. The molecule has 10 heteroatoms. The quantitative estimate of drug-likeness (QED) is 0.757. The Labute approximate surface area is 145 Å². The molecule has 1 atom stereocenters. The summed E-state index contributed by atoms with van der Waals surface area (Å²) in [4.78, 5) is 29.1. The predicted molar refractivity (Wildman–Crippen MR) is 91.4 cm³/mol. The van der Waals surface area contributed by atoms with Crippen LogP contribution in [0.4, 0.5) is 13.2 Å². The number of nitrogens with zero attached hydrogens (tertiary/aromatic N) is 1. The average Bonchev–Trinajstić information content (AvgIpc) is 2.54. The fourth-order valence-corrected chi connectivity index (χ4v) is 2.77. The van der Waals surface area contributed by atoms with Gasteiger partial charge in [-0.3, -0.25) is 9.63 Å². The van der Waals surface area contributed by atoms with Crippen molar-refractivity contribution in [2.75, 3.05) is 17.7 Å². The van der Waals surface area contributed by atoms with Gasteiger partial charge >= 0.3 is 11.9 Å². The molecule has 0 aliphatic rings. The Balaban J connectivity index is 2.76. The van der Waals surface area contributed by atoms with Gasteiger partial charge in [-0.25, -0.2) is 4.79 Å². The van der Waals surface area contributed by atoms with Crippen LogP contribution in [0.15, 0.2) is 21.7 Å². The topological polar surface area (TPSA) is 76.1 Å². The number of H-pyrrole nitrogens is 1. The van der Waals surface area contributed by atoms with Crippen LogP contribution in [-0.4, -0.2) is 22.5 Å². The van der Waals surface area contributed by atoms with Crippen LogP contribution < -0.4 is 16.1 Å². The van der Waals surface area contributed by atoms with Gasteiger partial charge in [0, 0.05) is 12.9 Å². The molecule has 0 saturated carbocycles. The normalized spacial score (nSPS) is 13.2. The van der Waals surface area contributed by atoms with Gasteiger partial charge in [0.05, 0.1) is 22.6 Å². The molecular weight excluding hydrogens is 359 g/mol. The third kappa shape index (κ3) is 4.01. The van der Waals surface area contributed by atoms with E-state index in [0.29, 0.717) is 17.7 Å². The molecule has 2 aromatic rings. The number of halogens is 3. The molecule has 1 aromatic carbocycles. The van der Waals surface area contributed by atoms with E-state index < -0.39 is 29.1 Å². The maximum Gasteiger partial charge on any atom is 0.416 e. The van der Waals surface area contributed by atoms with Crippen molar-refractivity contribution in [2.45, 2.75) is 32.5 Å². The van der Waals surface area contributed by atoms with E-state index in [-0.39, 0.29) is 16.5 Å². The Hall–Kier alpha value is -1.94. The summed E-state index contributed by atoms with van der Waals surface area (Å²) in [5.74, 6) is 0.